The molecule has 1 aliphatic rings. The second-order valence-electron chi connectivity index (χ2n) is 6.11. The van der Waals surface area contributed by atoms with Gasteiger partial charge < -0.3 is 5.11 Å². The Bertz CT molecular complexity index is 1300. The van der Waals surface area contributed by atoms with Crippen LogP contribution in [0.3, 0.4) is 0 Å². The molecule has 28 heavy (non-hydrogen) atoms. The lowest BCUT2D eigenvalue weighted by atomic mass is 9.95. The van der Waals surface area contributed by atoms with Crippen LogP contribution in [0.2, 0.25) is 0 Å². The number of hydrogen-bond acceptors (Lipinski definition) is 5. The van der Waals surface area contributed by atoms with Gasteiger partial charge in [0.1, 0.15) is 0 Å². The molecule has 4 rings (SSSR count). The van der Waals surface area contributed by atoms with Gasteiger partial charge in [0, 0.05) is 16.5 Å². The smallest absolute Gasteiger partial charge is 0.337 e. The van der Waals surface area contributed by atoms with Gasteiger partial charge in [-0.25, -0.2) is 13.2 Å². The maximum atomic E-state index is 12.9. The minimum Gasteiger partial charge on any atom is -0.478 e. The molecule has 9 heteroatoms. The van der Waals surface area contributed by atoms with E-state index in [0.29, 0.717) is 10.8 Å². The van der Waals surface area contributed by atoms with Crippen molar-refractivity contribution in [2.45, 2.75) is 4.90 Å². The Morgan fingerprint density at radius 2 is 1.64 bits per heavy atom. The number of rotatable bonds is 4. The molecular weight excluding hydrogens is 384 g/mol. The number of imide groups is 1. The fourth-order valence-corrected chi connectivity index (χ4v) is 4.26. The van der Waals surface area contributed by atoms with Crippen LogP contribution >= 0.6 is 0 Å². The molecule has 0 bridgehead atoms. The quantitative estimate of drug-likeness (QED) is 0.580. The normalized spacial score (nSPS) is 13.3. The molecule has 2 amide bonds. The first kappa shape index (κ1) is 17.7. The highest BCUT2D eigenvalue weighted by atomic mass is 32.2. The molecule has 0 saturated carbocycles. The molecule has 3 aromatic carbocycles. The number of carbonyl (C=O) groups excluding carboxylic acids is 2. The minimum atomic E-state index is -4.20. The third-order valence-corrected chi connectivity index (χ3v) is 5.72. The summed E-state index contributed by atoms with van der Waals surface area (Å²) in [5.74, 6) is -2.53. The van der Waals surface area contributed by atoms with E-state index in [1.165, 1.54) is 36.4 Å². The van der Waals surface area contributed by atoms with Crippen LogP contribution in [0.5, 0.6) is 0 Å². The van der Waals surface area contributed by atoms with Gasteiger partial charge in [0.15, 0.2) is 0 Å². The highest BCUT2D eigenvalue weighted by molar-refractivity contribution is 7.92. The van der Waals surface area contributed by atoms with E-state index in [9.17, 15) is 27.9 Å². The van der Waals surface area contributed by atoms with E-state index in [4.69, 9.17) is 0 Å². The van der Waals surface area contributed by atoms with E-state index in [2.05, 4.69) is 10.0 Å². The Labute approximate surface area is 158 Å². The van der Waals surface area contributed by atoms with E-state index in [1.54, 1.807) is 18.2 Å². The summed E-state index contributed by atoms with van der Waals surface area (Å²) < 4.78 is 28.0. The number of carboxylic acid groups (broad SMARTS) is 1. The summed E-state index contributed by atoms with van der Waals surface area (Å²) >= 11 is 0. The molecule has 8 nitrogen and oxygen atoms in total. The van der Waals surface area contributed by atoms with Crippen molar-refractivity contribution in [2.24, 2.45) is 0 Å². The van der Waals surface area contributed by atoms with Crippen LogP contribution < -0.4 is 10.0 Å². The highest BCUT2D eigenvalue weighted by Gasteiger charge is 2.28. The lowest BCUT2D eigenvalue weighted by Gasteiger charge is -2.18. The maximum absolute atomic E-state index is 12.9. The van der Waals surface area contributed by atoms with Gasteiger partial charge in [0.05, 0.1) is 16.1 Å². The number of benzene rings is 3. The van der Waals surface area contributed by atoms with Gasteiger partial charge in [-0.1, -0.05) is 24.3 Å². The van der Waals surface area contributed by atoms with Gasteiger partial charge in [-0.15, -0.1) is 0 Å². The number of amides is 2. The maximum Gasteiger partial charge on any atom is 0.337 e. The average Bonchev–Trinajstić information content (AvgIpc) is 2.65. The largest absolute Gasteiger partial charge is 0.478 e. The van der Waals surface area contributed by atoms with Crippen molar-refractivity contribution < 1.29 is 27.9 Å². The topological polar surface area (TPSA) is 130 Å². The van der Waals surface area contributed by atoms with Crippen molar-refractivity contribution >= 4 is 44.3 Å². The third kappa shape index (κ3) is 2.78. The molecule has 1 aliphatic heterocycles. The van der Waals surface area contributed by atoms with Crippen molar-refractivity contribution in [1.29, 1.82) is 0 Å². The van der Waals surface area contributed by atoms with Crippen molar-refractivity contribution in [1.82, 2.24) is 5.32 Å². The van der Waals surface area contributed by atoms with Crippen LogP contribution in [0.25, 0.3) is 10.8 Å². The van der Waals surface area contributed by atoms with Crippen LogP contribution in [-0.2, 0) is 10.0 Å². The van der Waals surface area contributed by atoms with Crippen LogP contribution in [-0.4, -0.2) is 31.3 Å². The molecule has 1 heterocycles. The second-order valence-corrected chi connectivity index (χ2v) is 7.80. The fraction of sp³-hybridized carbons (Fsp3) is 0. The van der Waals surface area contributed by atoms with Gasteiger partial charge in [-0.2, -0.15) is 0 Å². The van der Waals surface area contributed by atoms with Gasteiger partial charge in [-0.3, -0.25) is 19.6 Å². The molecule has 0 unspecified atom stereocenters. The molecule has 0 spiro atoms. The van der Waals surface area contributed by atoms with E-state index in [-0.39, 0.29) is 27.3 Å². The predicted octanol–water partition coefficient (Wildman–Crippen LogP) is 2.22. The molecule has 0 fully saturated rings. The van der Waals surface area contributed by atoms with E-state index in [1.807, 2.05) is 0 Å². The molecule has 0 saturated heterocycles. The number of sulfonamides is 1. The Hall–Kier alpha value is -3.72. The van der Waals surface area contributed by atoms with Crippen LogP contribution in [0.4, 0.5) is 5.69 Å². The Morgan fingerprint density at radius 1 is 0.929 bits per heavy atom. The zero-order chi connectivity index (χ0) is 20.1. The van der Waals surface area contributed by atoms with Crippen molar-refractivity contribution in [3.63, 3.8) is 0 Å². The number of carbonyl (C=O) groups is 3. The molecular formula is C19H12N2O6S. The number of anilines is 1. The Morgan fingerprint density at radius 3 is 2.39 bits per heavy atom. The number of carboxylic acids is 1. The Balaban J connectivity index is 1.88. The molecule has 0 aromatic heterocycles. The van der Waals surface area contributed by atoms with Crippen LogP contribution in [0, 0.1) is 0 Å². The van der Waals surface area contributed by atoms with Gasteiger partial charge in [0.25, 0.3) is 21.8 Å². The van der Waals surface area contributed by atoms with Gasteiger partial charge >= 0.3 is 5.97 Å². The third-order valence-electron chi connectivity index (χ3n) is 4.38. The molecule has 140 valence electrons. The van der Waals surface area contributed by atoms with E-state index in [0.717, 1.165) is 0 Å². The first-order chi connectivity index (χ1) is 13.3. The highest BCUT2D eigenvalue weighted by Crippen LogP contribution is 2.30. The molecule has 0 aliphatic carbocycles. The fourth-order valence-electron chi connectivity index (χ4n) is 3.12. The van der Waals surface area contributed by atoms with Crippen molar-refractivity contribution in [3.8, 4) is 0 Å². The minimum absolute atomic E-state index is 0.0552. The number of nitrogens with one attached hydrogen (secondary N) is 2. The SMILES string of the molecule is O=C(O)c1ccccc1NS(=O)(=O)c1cc2c3c(cccc3c1)C(=O)NC2=O. The number of hydrogen-bond donors (Lipinski definition) is 3. The summed E-state index contributed by atoms with van der Waals surface area (Å²) in [7, 11) is -4.20. The number of para-hydroxylation sites is 1. The molecule has 3 aromatic rings. The summed E-state index contributed by atoms with van der Waals surface area (Å²) in [6, 6.07) is 12.8. The Kier molecular flexibility index (Phi) is 3.90. The van der Waals surface area contributed by atoms with Crippen molar-refractivity contribution in [2.75, 3.05) is 4.72 Å². The summed E-state index contributed by atoms with van der Waals surface area (Å²) in [4.78, 5) is 35.3. The predicted molar refractivity (Wildman–Crippen MR) is 100.0 cm³/mol. The monoisotopic (exact) mass is 396 g/mol. The standard InChI is InChI=1S/C19H12N2O6S/c22-17-13-6-3-4-10-8-11(9-14(16(10)13)18(23)20-17)28(26,27)21-15-7-2-1-5-12(15)19(24)25/h1-9,21H,(H,24,25)(H,20,22,23). The van der Waals surface area contributed by atoms with Crippen LogP contribution in [0.1, 0.15) is 31.1 Å². The van der Waals surface area contributed by atoms with E-state index < -0.39 is 27.8 Å². The number of aromatic carboxylic acids is 1. The average molecular weight is 396 g/mol. The summed E-state index contributed by atoms with van der Waals surface area (Å²) in [6.45, 7) is 0. The summed E-state index contributed by atoms with van der Waals surface area (Å²) in [5.41, 5.74) is 0.0239. The summed E-state index contributed by atoms with van der Waals surface area (Å²) in [6.07, 6.45) is 0. The lowest BCUT2D eigenvalue weighted by molar-refractivity contribution is 0.0697. The van der Waals surface area contributed by atoms with Crippen molar-refractivity contribution in [3.05, 3.63) is 71.3 Å². The first-order valence-electron chi connectivity index (χ1n) is 8.05. The molecule has 0 atom stereocenters. The van der Waals surface area contributed by atoms with Gasteiger partial charge in [-0.05, 0) is 35.7 Å². The molecule has 0 radical (unpaired) electrons. The second kappa shape index (κ2) is 6.17. The van der Waals surface area contributed by atoms with E-state index >= 15 is 0 Å². The summed E-state index contributed by atoms with van der Waals surface area (Å²) in [5, 5.41) is 12.2. The lowest BCUT2D eigenvalue weighted by Crippen LogP contribution is -2.34. The zero-order valence-electron chi connectivity index (χ0n) is 14.1. The van der Waals surface area contributed by atoms with Gasteiger partial charge in [0.2, 0.25) is 0 Å². The van der Waals surface area contributed by atoms with Crippen LogP contribution in [0.15, 0.2) is 59.5 Å². The molecule has 3 N–H and O–H groups in total. The first-order valence-corrected chi connectivity index (χ1v) is 9.54. The zero-order valence-corrected chi connectivity index (χ0v) is 14.9.